The number of thiophene rings is 1. The van der Waals surface area contributed by atoms with Gasteiger partial charge in [0, 0.05) is 0 Å². The first-order chi connectivity index (χ1) is 9.33. The Morgan fingerprint density at radius 3 is 2.60 bits per heavy atom. The molecule has 0 aliphatic heterocycles. The molecule has 2 rings (SSSR count). The molecule has 2 aromatic rings. The summed E-state index contributed by atoms with van der Waals surface area (Å²) in [6, 6.07) is 6.82. The molecule has 0 fully saturated rings. The van der Waals surface area contributed by atoms with E-state index in [1.807, 2.05) is 0 Å². The monoisotopic (exact) mass is 374 g/mol. The van der Waals surface area contributed by atoms with Gasteiger partial charge in [0.25, 0.3) is 10.0 Å². The van der Waals surface area contributed by atoms with E-state index >= 15 is 0 Å². The van der Waals surface area contributed by atoms with E-state index in [2.05, 4.69) is 20.7 Å². The number of anilines is 1. The third-order valence-electron chi connectivity index (χ3n) is 2.44. The van der Waals surface area contributed by atoms with Gasteiger partial charge >= 0.3 is 0 Å². The van der Waals surface area contributed by atoms with E-state index in [9.17, 15) is 12.8 Å². The van der Waals surface area contributed by atoms with E-state index in [0.29, 0.717) is 3.79 Å². The van der Waals surface area contributed by atoms with E-state index in [1.165, 1.54) is 18.2 Å². The van der Waals surface area contributed by atoms with Crippen molar-refractivity contribution in [1.82, 2.24) is 0 Å². The molecule has 0 radical (unpaired) electrons. The van der Waals surface area contributed by atoms with Crippen molar-refractivity contribution < 1.29 is 12.8 Å². The molecular formula is C12H8BrFN2O2S2. The maximum absolute atomic E-state index is 13.7. The predicted octanol–water partition coefficient (Wildman–Crippen LogP) is 3.63. The molecule has 104 valence electrons. The lowest BCUT2D eigenvalue weighted by Gasteiger charge is -2.07. The number of benzene rings is 1. The van der Waals surface area contributed by atoms with Crippen molar-refractivity contribution in [2.75, 3.05) is 4.72 Å². The lowest BCUT2D eigenvalue weighted by molar-refractivity contribution is 0.600. The van der Waals surface area contributed by atoms with Crippen LogP contribution in [0.3, 0.4) is 0 Å². The third-order valence-corrected chi connectivity index (χ3v) is 6.42. The molecule has 0 aliphatic carbocycles. The first kappa shape index (κ1) is 15.0. The Hall–Kier alpha value is -1.43. The molecule has 0 unspecified atom stereocenters. The largest absolute Gasteiger partial charge is 0.276 e. The fraction of sp³-hybridized carbons (Fsp3) is 0.0833. The van der Waals surface area contributed by atoms with Gasteiger partial charge in [-0.05, 0) is 52.7 Å². The van der Waals surface area contributed by atoms with Crippen LogP contribution in [0.2, 0.25) is 0 Å². The normalized spacial score (nSPS) is 11.1. The summed E-state index contributed by atoms with van der Waals surface area (Å²) in [6.45, 7) is 1.77. The topological polar surface area (TPSA) is 70.0 Å². The maximum atomic E-state index is 13.7. The molecule has 0 amide bonds. The maximum Gasteiger partial charge on any atom is 0.271 e. The Bertz CT molecular complexity index is 790. The van der Waals surface area contributed by atoms with Gasteiger partial charge in [-0.1, -0.05) is 0 Å². The standard InChI is InChI=1S/C12H8BrFN2O2S2/c1-7-4-11(19-12(7)13)20(17,18)16-10-3-2-8(6-15)5-9(10)14/h2-5,16H,1H3. The van der Waals surface area contributed by atoms with Gasteiger partial charge in [0.15, 0.2) is 0 Å². The summed E-state index contributed by atoms with van der Waals surface area (Å²) >= 11 is 4.29. The van der Waals surface area contributed by atoms with Crippen molar-refractivity contribution >= 4 is 43.0 Å². The first-order valence-electron chi connectivity index (χ1n) is 5.32. The number of hydrogen-bond acceptors (Lipinski definition) is 4. The Kier molecular flexibility index (Phi) is 4.13. The van der Waals surface area contributed by atoms with Crippen LogP contribution in [0.1, 0.15) is 11.1 Å². The molecule has 0 saturated carbocycles. The van der Waals surface area contributed by atoms with E-state index in [-0.39, 0.29) is 15.5 Å². The number of nitriles is 1. The summed E-state index contributed by atoms with van der Waals surface area (Å²) in [6.07, 6.45) is 0. The number of rotatable bonds is 3. The summed E-state index contributed by atoms with van der Waals surface area (Å²) in [5, 5.41) is 8.64. The highest BCUT2D eigenvalue weighted by molar-refractivity contribution is 9.11. The van der Waals surface area contributed by atoms with E-state index in [1.54, 1.807) is 13.0 Å². The Morgan fingerprint density at radius 1 is 1.40 bits per heavy atom. The minimum absolute atomic E-state index is 0.0886. The SMILES string of the molecule is Cc1cc(S(=O)(=O)Nc2ccc(C#N)cc2F)sc1Br. The number of aryl methyl sites for hydroxylation is 1. The van der Waals surface area contributed by atoms with Crippen LogP contribution in [0.4, 0.5) is 10.1 Å². The number of hydrogen-bond donors (Lipinski definition) is 1. The Morgan fingerprint density at radius 2 is 2.10 bits per heavy atom. The lowest BCUT2D eigenvalue weighted by Crippen LogP contribution is -2.12. The average molecular weight is 375 g/mol. The van der Waals surface area contributed by atoms with Crippen LogP contribution < -0.4 is 4.72 Å². The van der Waals surface area contributed by atoms with E-state index < -0.39 is 15.8 Å². The van der Waals surface area contributed by atoms with Gasteiger partial charge in [-0.2, -0.15) is 5.26 Å². The van der Waals surface area contributed by atoms with Crippen LogP contribution in [0.25, 0.3) is 0 Å². The van der Waals surface area contributed by atoms with Gasteiger partial charge in [0.05, 0.1) is 21.1 Å². The minimum atomic E-state index is -3.84. The third kappa shape index (κ3) is 3.00. The van der Waals surface area contributed by atoms with Crippen molar-refractivity contribution in [1.29, 1.82) is 5.26 Å². The number of halogens is 2. The second-order valence-electron chi connectivity index (χ2n) is 3.93. The van der Waals surface area contributed by atoms with Crippen molar-refractivity contribution in [3.63, 3.8) is 0 Å². The average Bonchev–Trinajstić information content (AvgIpc) is 2.73. The summed E-state index contributed by atoms with van der Waals surface area (Å²) in [5.41, 5.74) is 0.724. The van der Waals surface area contributed by atoms with Crippen molar-refractivity contribution in [3.8, 4) is 6.07 Å². The van der Waals surface area contributed by atoms with Gasteiger partial charge in [0.2, 0.25) is 0 Å². The van der Waals surface area contributed by atoms with Crippen LogP contribution in [0.5, 0.6) is 0 Å². The second kappa shape index (κ2) is 5.52. The van der Waals surface area contributed by atoms with Crippen LogP contribution in [-0.4, -0.2) is 8.42 Å². The van der Waals surface area contributed by atoms with Crippen LogP contribution >= 0.6 is 27.3 Å². The quantitative estimate of drug-likeness (QED) is 0.891. The highest BCUT2D eigenvalue weighted by atomic mass is 79.9. The number of nitrogens with one attached hydrogen (secondary N) is 1. The molecular weight excluding hydrogens is 367 g/mol. The van der Waals surface area contributed by atoms with Crippen LogP contribution in [0.15, 0.2) is 32.3 Å². The zero-order valence-electron chi connectivity index (χ0n) is 10.1. The van der Waals surface area contributed by atoms with Crippen LogP contribution in [-0.2, 0) is 10.0 Å². The second-order valence-corrected chi connectivity index (χ2v) is 8.21. The molecule has 4 nitrogen and oxygen atoms in total. The molecule has 0 atom stereocenters. The predicted molar refractivity (Wildman–Crippen MR) is 78.7 cm³/mol. The molecule has 0 spiro atoms. The van der Waals surface area contributed by atoms with Crippen molar-refractivity contribution in [2.24, 2.45) is 0 Å². The summed E-state index contributed by atoms with van der Waals surface area (Å²) in [7, 11) is -3.84. The summed E-state index contributed by atoms with van der Waals surface area (Å²) < 4.78 is 40.9. The van der Waals surface area contributed by atoms with Crippen molar-refractivity contribution in [3.05, 3.63) is 45.0 Å². The molecule has 0 aliphatic rings. The summed E-state index contributed by atoms with van der Waals surface area (Å²) in [4.78, 5) is 0. The Balaban J connectivity index is 2.36. The highest BCUT2D eigenvalue weighted by Gasteiger charge is 2.20. The van der Waals surface area contributed by atoms with E-state index in [4.69, 9.17) is 5.26 Å². The molecule has 0 saturated heterocycles. The summed E-state index contributed by atoms with van der Waals surface area (Å²) in [5.74, 6) is -0.792. The van der Waals surface area contributed by atoms with E-state index in [0.717, 1.165) is 23.0 Å². The lowest BCUT2D eigenvalue weighted by atomic mass is 10.2. The fourth-order valence-electron chi connectivity index (χ4n) is 1.43. The zero-order chi connectivity index (χ0) is 14.9. The first-order valence-corrected chi connectivity index (χ1v) is 8.41. The highest BCUT2D eigenvalue weighted by Crippen LogP contribution is 2.31. The van der Waals surface area contributed by atoms with Gasteiger partial charge in [-0.3, -0.25) is 4.72 Å². The molecule has 1 heterocycles. The molecule has 8 heteroatoms. The minimum Gasteiger partial charge on any atom is -0.276 e. The number of nitrogens with zero attached hydrogens (tertiary/aromatic N) is 1. The Labute approximate surface area is 128 Å². The molecule has 1 N–H and O–H groups in total. The van der Waals surface area contributed by atoms with Gasteiger partial charge in [-0.15, -0.1) is 11.3 Å². The molecule has 20 heavy (non-hydrogen) atoms. The zero-order valence-corrected chi connectivity index (χ0v) is 13.4. The fourth-order valence-corrected chi connectivity index (χ4v) is 4.72. The van der Waals surface area contributed by atoms with Crippen LogP contribution in [0, 0.1) is 24.1 Å². The van der Waals surface area contributed by atoms with Gasteiger partial charge in [-0.25, -0.2) is 12.8 Å². The number of sulfonamides is 1. The molecule has 0 bridgehead atoms. The smallest absolute Gasteiger partial charge is 0.271 e. The molecule has 1 aromatic carbocycles. The van der Waals surface area contributed by atoms with Gasteiger partial charge in [0.1, 0.15) is 10.0 Å². The van der Waals surface area contributed by atoms with Crippen molar-refractivity contribution in [2.45, 2.75) is 11.1 Å². The van der Waals surface area contributed by atoms with Gasteiger partial charge < -0.3 is 0 Å². The molecule has 1 aromatic heterocycles.